The topological polar surface area (TPSA) is 62.5 Å². The average molecular weight is 225 g/mol. The maximum Gasteiger partial charge on any atom is 0.320 e. The van der Waals surface area contributed by atoms with E-state index in [9.17, 15) is 4.79 Å². The monoisotopic (exact) mass is 225 g/mol. The SMILES string of the molecule is CC[C@H](C)[C@H](NCc1ccoc1C)C(=O)O. The Balaban J connectivity index is 2.57. The van der Waals surface area contributed by atoms with Crippen LogP contribution >= 0.6 is 0 Å². The van der Waals surface area contributed by atoms with Crippen molar-refractivity contribution in [3.05, 3.63) is 23.7 Å². The van der Waals surface area contributed by atoms with Crippen LogP contribution in [-0.4, -0.2) is 17.1 Å². The van der Waals surface area contributed by atoms with Crippen LogP contribution in [0.2, 0.25) is 0 Å². The van der Waals surface area contributed by atoms with Crippen molar-refractivity contribution in [2.24, 2.45) is 5.92 Å². The van der Waals surface area contributed by atoms with Crippen LogP contribution in [0.15, 0.2) is 16.7 Å². The highest BCUT2D eigenvalue weighted by Crippen LogP contribution is 2.12. The van der Waals surface area contributed by atoms with E-state index in [4.69, 9.17) is 9.52 Å². The summed E-state index contributed by atoms with van der Waals surface area (Å²) in [4.78, 5) is 11.1. The summed E-state index contributed by atoms with van der Waals surface area (Å²) in [6.07, 6.45) is 2.46. The van der Waals surface area contributed by atoms with E-state index in [0.29, 0.717) is 6.54 Å². The molecule has 0 aromatic carbocycles. The van der Waals surface area contributed by atoms with Crippen LogP contribution in [0, 0.1) is 12.8 Å². The van der Waals surface area contributed by atoms with E-state index in [-0.39, 0.29) is 5.92 Å². The highest BCUT2D eigenvalue weighted by molar-refractivity contribution is 5.73. The van der Waals surface area contributed by atoms with Crippen LogP contribution in [0.4, 0.5) is 0 Å². The molecule has 1 rings (SSSR count). The molecule has 90 valence electrons. The second-order valence-electron chi connectivity index (χ2n) is 4.08. The quantitative estimate of drug-likeness (QED) is 0.779. The Morgan fingerprint density at radius 1 is 1.62 bits per heavy atom. The number of carbonyl (C=O) groups is 1. The van der Waals surface area contributed by atoms with Crippen molar-refractivity contribution < 1.29 is 14.3 Å². The van der Waals surface area contributed by atoms with E-state index in [1.807, 2.05) is 26.8 Å². The molecule has 4 nitrogen and oxygen atoms in total. The minimum Gasteiger partial charge on any atom is -0.480 e. The van der Waals surface area contributed by atoms with Crippen molar-refractivity contribution in [1.29, 1.82) is 0 Å². The summed E-state index contributed by atoms with van der Waals surface area (Å²) in [6, 6.07) is 1.36. The first-order chi connectivity index (χ1) is 7.56. The van der Waals surface area contributed by atoms with Crippen LogP contribution in [-0.2, 0) is 11.3 Å². The van der Waals surface area contributed by atoms with Crippen LogP contribution in [0.3, 0.4) is 0 Å². The lowest BCUT2D eigenvalue weighted by Gasteiger charge is -2.19. The second kappa shape index (κ2) is 5.70. The molecule has 0 aliphatic rings. The molecule has 0 spiro atoms. The molecule has 0 aliphatic carbocycles. The van der Waals surface area contributed by atoms with E-state index in [2.05, 4.69) is 5.32 Å². The minimum absolute atomic E-state index is 0.115. The standard InChI is InChI=1S/C12H19NO3/c1-4-8(2)11(12(14)15)13-7-10-5-6-16-9(10)3/h5-6,8,11,13H,4,7H2,1-3H3,(H,14,15)/t8-,11-/m0/s1. The Bertz CT molecular complexity index is 346. The van der Waals surface area contributed by atoms with Crippen molar-refractivity contribution in [3.63, 3.8) is 0 Å². The number of carboxylic acids is 1. The Labute approximate surface area is 95.7 Å². The molecule has 16 heavy (non-hydrogen) atoms. The molecule has 1 heterocycles. The predicted molar refractivity (Wildman–Crippen MR) is 61.2 cm³/mol. The number of nitrogens with one attached hydrogen (secondary N) is 1. The highest BCUT2D eigenvalue weighted by Gasteiger charge is 2.22. The molecule has 2 N–H and O–H groups in total. The van der Waals surface area contributed by atoms with Gasteiger partial charge in [0.1, 0.15) is 11.8 Å². The third-order valence-corrected chi connectivity index (χ3v) is 2.96. The summed E-state index contributed by atoms with van der Waals surface area (Å²) in [7, 11) is 0. The van der Waals surface area contributed by atoms with Gasteiger partial charge in [0.15, 0.2) is 0 Å². The zero-order valence-electron chi connectivity index (χ0n) is 9.99. The third kappa shape index (κ3) is 3.10. The minimum atomic E-state index is -0.796. The molecule has 0 unspecified atom stereocenters. The van der Waals surface area contributed by atoms with E-state index in [1.165, 1.54) is 0 Å². The lowest BCUT2D eigenvalue weighted by molar-refractivity contribution is -0.140. The number of rotatable bonds is 6. The fourth-order valence-electron chi connectivity index (χ4n) is 1.58. The van der Waals surface area contributed by atoms with Gasteiger partial charge in [0.05, 0.1) is 6.26 Å². The summed E-state index contributed by atoms with van der Waals surface area (Å²) >= 11 is 0. The number of carboxylic acid groups (broad SMARTS) is 1. The van der Waals surface area contributed by atoms with Crippen LogP contribution in [0.25, 0.3) is 0 Å². The molecular weight excluding hydrogens is 206 g/mol. The molecule has 0 radical (unpaired) electrons. The fourth-order valence-corrected chi connectivity index (χ4v) is 1.58. The van der Waals surface area contributed by atoms with Gasteiger partial charge in [0, 0.05) is 12.1 Å². The average Bonchev–Trinajstić information content (AvgIpc) is 2.64. The second-order valence-corrected chi connectivity index (χ2v) is 4.08. The van der Waals surface area contributed by atoms with Gasteiger partial charge < -0.3 is 9.52 Å². The van der Waals surface area contributed by atoms with Crippen molar-refractivity contribution in [2.75, 3.05) is 0 Å². The Hall–Kier alpha value is -1.29. The van der Waals surface area contributed by atoms with Crippen LogP contribution in [0.1, 0.15) is 31.6 Å². The van der Waals surface area contributed by atoms with Crippen molar-refractivity contribution in [3.8, 4) is 0 Å². The van der Waals surface area contributed by atoms with E-state index >= 15 is 0 Å². The zero-order chi connectivity index (χ0) is 12.1. The first kappa shape index (κ1) is 12.8. The van der Waals surface area contributed by atoms with Gasteiger partial charge in [-0.05, 0) is 18.9 Å². The molecule has 0 saturated carbocycles. The summed E-state index contributed by atoms with van der Waals surface area (Å²) in [5.41, 5.74) is 1.01. The van der Waals surface area contributed by atoms with Crippen LogP contribution in [0.5, 0.6) is 0 Å². The molecule has 1 aromatic rings. The molecule has 1 aromatic heterocycles. The van der Waals surface area contributed by atoms with E-state index in [1.54, 1.807) is 6.26 Å². The van der Waals surface area contributed by atoms with Crippen molar-refractivity contribution in [2.45, 2.75) is 39.8 Å². The fraction of sp³-hybridized carbons (Fsp3) is 0.583. The van der Waals surface area contributed by atoms with Crippen molar-refractivity contribution >= 4 is 5.97 Å². The molecule has 0 aliphatic heterocycles. The molecule has 0 bridgehead atoms. The summed E-state index contributed by atoms with van der Waals surface area (Å²) < 4.78 is 5.16. The Morgan fingerprint density at radius 3 is 2.75 bits per heavy atom. The number of furan rings is 1. The maximum absolute atomic E-state index is 11.1. The first-order valence-electron chi connectivity index (χ1n) is 5.55. The number of hydrogen-bond acceptors (Lipinski definition) is 3. The van der Waals surface area contributed by atoms with E-state index in [0.717, 1.165) is 17.7 Å². The number of aliphatic carboxylic acids is 1. The van der Waals surface area contributed by atoms with E-state index < -0.39 is 12.0 Å². The smallest absolute Gasteiger partial charge is 0.320 e. The lowest BCUT2D eigenvalue weighted by Crippen LogP contribution is -2.41. The third-order valence-electron chi connectivity index (χ3n) is 2.96. The van der Waals surface area contributed by atoms with Gasteiger partial charge in [-0.15, -0.1) is 0 Å². The molecular formula is C12H19NO3. The molecule has 0 saturated heterocycles. The van der Waals surface area contributed by atoms with Gasteiger partial charge in [-0.25, -0.2) is 0 Å². The summed E-state index contributed by atoms with van der Waals surface area (Å²) in [5, 5.41) is 12.1. The zero-order valence-corrected chi connectivity index (χ0v) is 9.99. The number of hydrogen-bond donors (Lipinski definition) is 2. The van der Waals surface area contributed by atoms with Crippen LogP contribution < -0.4 is 5.32 Å². The largest absolute Gasteiger partial charge is 0.480 e. The number of aryl methyl sites for hydroxylation is 1. The first-order valence-corrected chi connectivity index (χ1v) is 5.55. The Kier molecular flexibility index (Phi) is 4.55. The highest BCUT2D eigenvalue weighted by atomic mass is 16.4. The van der Waals surface area contributed by atoms with Gasteiger partial charge in [0.25, 0.3) is 0 Å². The van der Waals surface area contributed by atoms with Crippen molar-refractivity contribution in [1.82, 2.24) is 5.32 Å². The van der Waals surface area contributed by atoms with Gasteiger partial charge in [-0.2, -0.15) is 0 Å². The molecule has 0 amide bonds. The summed E-state index contributed by atoms with van der Waals surface area (Å²) in [5.74, 6) is 0.154. The lowest BCUT2D eigenvalue weighted by atomic mass is 9.99. The normalized spacial score (nSPS) is 14.7. The molecule has 2 atom stereocenters. The van der Waals surface area contributed by atoms with Gasteiger partial charge in [0.2, 0.25) is 0 Å². The summed E-state index contributed by atoms with van der Waals surface area (Å²) in [6.45, 7) is 6.33. The van der Waals surface area contributed by atoms with Gasteiger partial charge >= 0.3 is 5.97 Å². The maximum atomic E-state index is 11.1. The molecule has 4 heteroatoms. The molecule has 0 fully saturated rings. The Morgan fingerprint density at radius 2 is 2.31 bits per heavy atom. The predicted octanol–water partition coefficient (Wildman–Crippen LogP) is 2.18. The van der Waals surface area contributed by atoms with Gasteiger partial charge in [-0.1, -0.05) is 20.3 Å². The van der Waals surface area contributed by atoms with Gasteiger partial charge in [-0.3, -0.25) is 10.1 Å².